The molecule has 0 aliphatic heterocycles. The number of rotatable bonds is 5. The molecule has 0 atom stereocenters. The molecule has 30 heavy (non-hydrogen) atoms. The number of ether oxygens (including phenoxy) is 1. The Hall–Kier alpha value is -2.61. The van der Waals surface area contributed by atoms with Gasteiger partial charge < -0.3 is 4.74 Å². The molecule has 0 radical (unpaired) electrons. The average molecular weight is 403 g/mol. The Morgan fingerprint density at radius 2 is 1.70 bits per heavy atom. The fourth-order valence-electron chi connectivity index (χ4n) is 4.39. The van der Waals surface area contributed by atoms with Crippen LogP contribution in [0.25, 0.3) is 11.6 Å². The van der Waals surface area contributed by atoms with Crippen LogP contribution in [0.5, 0.6) is 0 Å². The summed E-state index contributed by atoms with van der Waals surface area (Å²) in [6, 6.07) is 12.9. The first kappa shape index (κ1) is 22.1. The van der Waals surface area contributed by atoms with Gasteiger partial charge in [-0.15, -0.1) is 0 Å². The highest BCUT2D eigenvalue weighted by molar-refractivity contribution is 5.88. The molecule has 0 N–H and O–H groups in total. The zero-order valence-electron chi connectivity index (χ0n) is 19.3. The Morgan fingerprint density at radius 3 is 2.33 bits per heavy atom. The second-order valence-electron chi connectivity index (χ2n) is 9.67. The summed E-state index contributed by atoms with van der Waals surface area (Å²) in [5.41, 5.74) is 8.78. The molecule has 2 heteroatoms. The van der Waals surface area contributed by atoms with Crippen molar-refractivity contribution < 1.29 is 9.53 Å². The average Bonchev–Trinajstić information content (AvgIpc) is 2.70. The summed E-state index contributed by atoms with van der Waals surface area (Å²) in [5.74, 6) is -0.322. The maximum atomic E-state index is 11.6. The molecule has 0 saturated carbocycles. The minimum absolute atomic E-state index is 0.164. The molecule has 1 aliphatic rings. The fraction of sp³-hybridized carbons (Fsp3) is 0.393. The SMILES string of the molecule is C=C(c1cccc(/C=C/C(=O)OCC)c1)c1cc2c(cc1C)C(C)(C)CCC2(C)C. The van der Waals surface area contributed by atoms with Gasteiger partial charge in [-0.2, -0.15) is 0 Å². The Bertz CT molecular complexity index is 1010. The number of hydrogen-bond acceptors (Lipinski definition) is 2. The maximum Gasteiger partial charge on any atom is 0.330 e. The normalized spacial score (nSPS) is 16.9. The molecule has 0 spiro atoms. The molecule has 0 fully saturated rings. The van der Waals surface area contributed by atoms with Crippen molar-refractivity contribution in [3.63, 3.8) is 0 Å². The van der Waals surface area contributed by atoms with Gasteiger partial charge in [-0.3, -0.25) is 0 Å². The summed E-state index contributed by atoms with van der Waals surface area (Å²) >= 11 is 0. The largest absolute Gasteiger partial charge is 0.463 e. The third-order valence-corrected chi connectivity index (χ3v) is 6.46. The van der Waals surface area contributed by atoms with Crippen LogP contribution in [0, 0.1) is 6.92 Å². The number of esters is 1. The molecular formula is C28H34O2. The highest BCUT2D eigenvalue weighted by atomic mass is 16.5. The number of carbonyl (C=O) groups is 1. The zero-order chi connectivity index (χ0) is 22.1. The monoisotopic (exact) mass is 402 g/mol. The van der Waals surface area contributed by atoms with E-state index in [1.807, 2.05) is 12.1 Å². The summed E-state index contributed by atoms with van der Waals surface area (Å²) in [6.45, 7) is 18.2. The van der Waals surface area contributed by atoms with E-state index in [2.05, 4.69) is 65.5 Å². The van der Waals surface area contributed by atoms with E-state index in [0.717, 1.165) is 16.7 Å². The van der Waals surface area contributed by atoms with Crippen molar-refractivity contribution in [3.05, 3.63) is 82.4 Å². The third kappa shape index (κ3) is 4.43. The summed E-state index contributed by atoms with van der Waals surface area (Å²) in [5, 5.41) is 0. The summed E-state index contributed by atoms with van der Waals surface area (Å²) in [7, 11) is 0. The zero-order valence-corrected chi connectivity index (χ0v) is 19.3. The lowest BCUT2D eigenvalue weighted by molar-refractivity contribution is -0.137. The predicted molar refractivity (Wildman–Crippen MR) is 127 cm³/mol. The number of carbonyl (C=O) groups excluding carboxylic acids is 1. The first-order chi connectivity index (χ1) is 14.0. The molecule has 2 aromatic carbocycles. The smallest absolute Gasteiger partial charge is 0.330 e. The van der Waals surface area contributed by atoms with Gasteiger partial charge in [0.05, 0.1) is 6.61 Å². The lowest BCUT2D eigenvalue weighted by Crippen LogP contribution is -2.34. The van der Waals surface area contributed by atoms with Gasteiger partial charge in [0.2, 0.25) is 0 Å². The summed E-state index contributed by atoms with van der Waals surface area (Å²) in [6.07, 6.45) is 5.66. The van der Waals surface area contributed by atoms with E-state index in [9.17, 15) is 4.79 Å². The quantitative estimate of drug-likeness (QED) is 0.398. The first-order valence-electron chi connectivity index (χ1n) is 10.9. The van der Waals surface area contributed by atoms with Crippen LogP contribution in [0.4, 0.5) is 0 Å². The minimum atomic E-state index is -0.322. The van der Waals surface area contributed by atoms with E-state index in [0.29, 0.717) is 6.61 Å². The molecule has 0 amide bonds. The molecule has 0 bridgehead atoms. The molecule has 0 heterocycles. The first-order valence-corrected chi connectivity index (χ1v) is 10.9. The lowest BCUT2D eigenvalue weighted by atomic mass is 9.62. The van der Waals surface area contributed by atoms with Crippen LogP contribution in [-0.4, -0.2) is 12.6 Å². The highest BCUT2D eigenvalue weighted by Crippen LogP contribution is 2.47. The van der Waals surface area contributed by atoms with E-state index in [1.54, 1.807) is 13.0 Å². The van der Waals surface area contributed by atoms with E-state index >= 15 is 0 Å². The topological polar surface area (TPSA) is 26.3 Å². The van der Waals surface area contributed by atoms with Crippen molar-refractivity contribution in [2.24, 2.45) is 0 Å². The van der Waals surface area contributed by atoms with E-state index in [1.165, 1.54) is 41.2 Å². The number of aryl methyl sites for hydroxylation is 1. The van der Waals surface area contributed by atoms with Crippen molar-refractivity contribution in [2.75, 3.05) is 6.61 Å². The molecule has 1 aliphatic carbocycles. The van der Waals surface area contributed by atoms with Crippen LogP contribution in [0.3, 0.4) is 0 Å². The van der Waals surface area contributed by atoms with E-state index in [4.69, 9.17) is 4.74 Å². The van der Waals surface area contributed by atoms with Crippen LogP contribution in [-0.2, 0) is 20.4 Å². The summed E-state index contributed by atoms with van der Waals surface area (Å²) < 4.78 is 4.97. The minimum Gasteiger partial charge on any atom is -0.463 e. The molecule has 0 unspecified atom stereocenters. The Kier molecular flexibility index (Phi) is 6.08. The van der Waals surface area contributed by atoms with Gasteiger partial charge in [0.1, 0.15) is 0 Å². The van der Waals surface area contributed by atoms with Gasteiger partial charge in [-0.1, -0.05) is 64.6 Å². The number of fused-ring (bicyclic) bond motifs is 1. The molecule has 2 nitrogen and oxygen atoms in total. The van der Waals surface area contributed by atoms with Crippen molar-refractivity contribution in [1.82, 2.24) is 0 Å². The molecule has 2 aromatic rings. The van der Waals surface area contributed by atoms with Crippen molar-refractivity contribution >= 4 is 17.6 Å². The number of benzene rings is 2. The Labute approximate surface area is 181 Å². The second-order valence-corrected chi connectivity index (χ2v) is 9.67. The lowest BCUT2D eigenvalue weighted by Gasteiger charge is -2.42. The van der Waals surface area contributed by atoms with Crippen LogP contribution in [0.15, 0.2) is 49.1 Å². The van der Waals surface area contributed by atoms with Gasteiger partial charge in [-0.25, -0.2) is 4.79 Å². The van der Waals surface area contributed by atoms with Gasteiger partial charge in [0.15, 0.2) is 0 Å². The van der Waals surface area contributed by atoms with Crippen molar-refractivity contribution in [3.8, 4) is 0 Å². The number of hydrogen-bond donors (Lipinski definition) is 0. The van der Waals surface area contributed by atoms with E-state index in [-0.39, 0.29) is 16.8 Å². The molecular weight excluding hydrogens is 368 g/mol. The Morgan fingerprint density at radius 1 is 1.07 bits per heavy atom. The third-order valence-electron chi connectivity index (χ3n) is 6.46. The second kappa shape index (κ2) is 8.26. The van der Waals surface area contributed by atoms with Crippen LogP contribution >= 0.6 is 0 Å². The predicted octanol–water partition coefficient (Wildman–Crippen LogP) is 6.98. The Balaban J connectivity index is 1.99. The van der Waals surface area contributed by atoms with Gasteiger partial charge in [0, 0.05) is 6.08 Å². The molecule has 0 aromatic heterocycles. The van der Waals surface area contributed by atoms with E-state index < -0.39 is 0 Å². The van der Waals surface area contributed by atoms with Crippen LogP contribution in [0.2, 0.25) is 0 Å². The standard InChI is InChI=1S/C28H34O2/c1-8-30-26(29)13-12-21-10-9-11-22(17-21)20(3)23-18-25-24(16-19(23)2)27(4,5)14-15-28(25,6)7/h9-13,16-18H,3,8,14-15H2,1-2,4-7H3/b13-12+. The van der Waals surface area contributed by atoms with Gasteiger partial charge in [0.25, 0.3) is 0 Å². The van der Waals surface area contributed by atoms with Crippen LogP contribution < -0.4 is 0 Å². The molecule has 3 rings (SSSR count). The van der Waals surface area contributed by atoms with Gasteiger partial charge >= 0.3 is 5.97 Å². The fourth-order valence-corrected chi connectivity index (χ4v) is 4.39. The highest BCUT2D eigenvalue weighted by Gasteiger charge is 2.37. The summed E-state index contributed by atoms with van der Waals surface area (Å²) in [4.78, 5) is 11.6. The maximum absolute atomic E-state index is 11.6. The molecule has 158 valence electrons. The van der Waals surface area contributed by atoms with Crippen LogP contribution in [0.1, 0.15) is 80.8 Å². The van der Waals surface area contributed by atoms with Gasteiger partial charge in [-0.05, 0) is 88.6 Å². The van der Waals surface area contributed by atoms with Crippen molar-refractivity contribution in [1.29, 1.82) is 0 Å². The van der Waals surface area contributed by atoms with Crippen molar-refractivity contribution in [2.45, 2.75) is 65.2 Å². The molecule has 0 saturated heterocycles.